The lowest BCUT2D eigenvalue weighted by Crippen LogP contribution is -2.44. The van der Waals surface area contributed by atoms with Crippen molar-refractivity contribution in [3.63, 3.8) is 0 Å². The minimum atomic E-state index is 0.304. The summed E-state index contributed by atoms with van der Waals surface area (Å²) < 4.78 is 0. The second-order valence-corrected chi connectivity index (χ2v) is 7.84. The Morgan fingerprint density at radius 1 is 1.21 bits per heavy atom. The Labute approximate surface area is 118 Å². The van der Waals surface area contributed by atoms with E-state index >= 15 is 0 Å². The van der Waals surface area contributed by atoms with Gasteiger partial charge in [0.05, 0.1) is 0 Å². The predicted molar refractivity (Wildman–Crippen MR) is 80.2 cm³/mol. The second-order valence-electron chi connectivity index (χ2n) is 7.84. The number of Topliss-reactive ketones (excluding diaryl/α,β-unsaturated/α-hetero) is 1. The molecule has 2 nitrogen and oxygen atoms in total. The highest BCUT2D eigenvalue weighted by atomic mass is 16.1. The Hall–Kier alpha value is -0.370. The molecule has 1 aliphatic carbocycles. The van der Waals surface area contributed by atoms with Crippen molar-refractivity contribution >= 4 is 5.78 Å². The molecule has 1 aliphatic heterocycles. The van der Waals surface area contributed by atoms with Crippen LogP contribution in [0.3, 0.4) is 0 Å². The van der Waals surface area contributed by atoms with Crippen molar-refractivity contribution < 1.29 is 4.79 Å². The molecule has 0 spiro atoms. The summed E-state index contributed by atoms with van der Waals surface area (Å²) in [5.74, 6) is 1.55. The van der Waals surface area contributed by atoms with Gasteiger partial charge in [-0.3, -0.25) is 9.69 Å². The Morgan fingerprint density at radius 3 is 2.58 bits per heavy atom. The zero-order valence-corrected chi connectivity index (χ0v) is 13.2. The molecule has 0 aromatic carbocycles. The highest BCUT2D eigenvalue weighted by Gasteiger charge is 2.36. The van der Waals surface area contributed by atoms with Crippen molar-refractivity contribution in [3.05, 3.63) is 0 Å². The minimum absolute atomic E-state index is 0.304. The third-order valence-corrected chi connectivity index (χ3v) is 5.38. The van der Waals surface area contributed by atoms with Gasteiger partial charge in [0.1, 0.15) is 5.78 Å². The summed E-state index contributed by atoms with van der Waals surface area (Å²) in [7, 11) is 0. The molecule has 1 saturated carbocycles. The van der Waals surface area contributed by atoms with E-state index in [-0.39, 0.29) is 0 Å². The van der Waals surface area contributed by atoms with Gasteiger partial charge in [-0.1, -0.05) is 27.2 Å². The first-order valence-corrected chi connectivity index (χ1v) is 8.14. The summed E-state index contributed by atoms with van der Waals surface area (Å²) in [4.78, 5) is 14.8. The summed E-state index contributed by atoms with van der Waals surface area (Å²) in [5, 5.41) is 0. The fourth-order valence-corrected chi connectivity index (χ4v) is 3.79. The van der Waals surface area contributed by atoms with Crippen LogP contribution >= 0.6 is 0 Å². The minimum Gasteiger partial charge on any atom is -0.300 e. The molecule has 0 radical (unpaired) electrons. The van der Waals surface area contributed by atoms with E-state index in [4.69, 9.17) is 0 Å². The third kappa shape index (κ3) is 3.81. The van der Waals surface area contributed by atoms with Crippen molar-refractivity contribution in [3.8, 4) is 0 Å². The molecular weight excluding hydrogens is 234 g/mol. The molecule has 2 rings (SSSR count). The fraction of sp³-hybridized carbons (Fsp3) is 0.941. The molecule has 1 saturated heterocycles. The lowest BCUT2D eigenvalue weighted by Gasteiger charge is -2.41. The zero-order valence-electron chi connectivity index (χ0n) is 13.2. The van der Waals surface area contributed by atoms with Crippen molar-refractivity contribution in [2.24, 2.45) is 17.3 Å². The number of hydrogen-bond donors (Lipinski definition) is 0. The van der Waals surface area contributed by atoms with Crippen LogP contribution in [0.25, 0.3) is 0 Å². The van der Waals surface area contributed by atoms with Gasteiger partial charge in [-0.25, -0.2) is 0 Å². The predicted octanol–water partition coefficient (Wildman–Crippen LogP) is 3.89. The number of carbonyl (C=O) groups is 1. The average Bonchev–Trinajstić information content (AvgIpc) is 2.33. The van der Waals surface area contributed by atoms with Crippen LogP contribution in [0.5, 0.6) is 0 Å². The molecule has 2 fully saturated rings. The van der Waals surface area contributed by atoms with E-state index in [2.05, 4.69) is 32.6 Å². The number of carbonyl (C=O) groups excluding carboxylic acids is 1. The summed E-state index contributed by atoms with van der Waals surface area (Å²) in [6.07, 6.45) is 7.02. The topological polar surface area (TPSA) is 20.3 Å². The summed E-state index contributed by atoms with van der Waals surface area (Å²) in [5.41, 5.74) is 0.354. The van der Waals surface area contributed by atoms with Gasteiger partial charge in [-0.2, -0.15) is 0 Å². The van der Waals surface area contributed by atoms with Crippen molar-refractivity contribution in [2.75, 3.05) is 13.1 Å². The molecule has 1 heterocycles. The quantitative estimate of drug-likeness (QED) is 0.755. The van der Waals surface area contributed by atoms with Gasteiger partial charge in [0.2, 0.25) is 0 Å². The number of ketones is 1. The van der Waals surface area contributed by atoms with E-state index in [9.17, 15) is 4.79 Å². The molecule has 2 heteroatoms. The first kappa shape index (κ1) is 15.0. The molecule has 3 unspecified atom stereocenters. The van der Waals surface area contributed by atoms with Crippen LogP contribution in [-0.2, 0) is 4.79 Å². The molecular formula is C17H31NO. The number of rotatable bonds is 2. The average molecular weight is 265 g/mol. The molecule has 0 amide bonds. The van der Waals surface area contributed by atoms with E-state index in [1.165, 1.54) is 25.8 Å². The van der Waals surface area contributed by atoms with E-state index in [0.717, 1.165) is 31.7 Å². The summed E-state index contributed by atoms with van der Waals surface area (Å²) in [6.45, 7) is 11.5. The van der Waals surface area contributed by atoms with Crippen LogP contribution in [0.15, 0.2) is 0 Å². The summed E-state index contributed by atoms with van der Waals surface area (Å²) in [6, 6.07) is 0.677. The fourth-order valence-electron chi connectivity index (χ4n) is 3.79. The van der Waals surface area contributed by atoms with Gasteiger partial charge in [0, 0.05) is 24.9 Å². The third-order valence-electron chi connectivity index (χ3n) is 5.38. The highest BCUT2D eigenvalue weighted by molar-refractivity contribution is 5.82. The smallest absolute Gasteiger partial charge is 0.137 e. The summed E-state index contributed by atoms with van der Waals surface area (Å²) >= 11 is 0. The standard InChI is InChI=1S/C17H31NO/c1-13-7-5-6-10-18(13)12-14-11-15(17(2,3)4)8-9-16(14)19/h13-15H,5-12H2,1-4H3. The van der Waals surface area contributed by atoms with Crippen LogP contribution in [0, 0.1) is 17.3 Å². The van der Waals surface area contributed by atoms with Gasteiger partial charge in [-0.15, -0.1) is 0 Å². The molecule has 0 N–H and O–H groups in total. The highest BCUT2D eigenvalue weighted by Crippen LogP contribution is 2.39. The molecule has 0 aromatic rings. The van der Waals surface area contributed by atoms with Gasteiger partial charge < -0.3 is 0 Å². The van der Waals surface area contributed by atoms with Crippen LogP contribution in [0.1, 0.15) is 66.2 Å². The maximum atomic E-state index is 12.2. The van der Waals surface area contributed by atoms with Gasteiger partial charge in [0.15, 0.2) is 0 Å². The van der Waals surface area contributed by atoms with Gasteiger partial charge >= 0.3 is 0 Å². The Morgan fingerprint density at radius 2 is 1.95 bits per heavy atom. The SMILES string of the molecule is CC1CCCCN1CC1CC(C(C)(C)C)CCC1=O. The zero-order chi connectivity index (χ0) is 14.0. The lowest BCUT2D eigenvalue weighted by atomic mass is 9.68. The Balaban J connectivity index is 1.95. The maximum Gasteiger partial charge on any atom is 0.137 e. The molecule has 110 valence electrons. The normalized spacial score (nSPS) is 34.5. The largest absolute Gasteiger partial charge is 0.300 e. The van der Waals surface area contributed by atoms with E-state index < -0.39 is 0 Å². The van der Waals surface area contributed by atoms with E-state index in [0.29, 0.717) is 23.2 Å². The van der Waals surface area contributed by atoms with Crippen LogP contribution in [0.4, 0.5) is 0 Å². The monoisotopic (exact) mass is 265 g/mol. The number of hydrogen-bond acceptors (Lipinski definition) is 2. The first-order chi connectivity index (χ1) is 8.88. The van der Waals surface area contributed by atoms with Crippen molar-refractivity contribution in [1.82, 2.24) is 4.90 Å². The molecule has 0 aromatic heterocycles. The van der Waals surface area contributed by atoms with E-state index in [1.807, 2.05) is 0 Å². The number of piperidine rings is 1. The first-order valence-electron chi connectivity index (χ1n) is 8.14. The van der Waals surface area contributed by atoms with Crippen molar-refractivity contribution in [1.29, 1.82) is 0 Å². The van der Waals surface area contributed by atoms with E-state index in [1.54, 1.807) is 0 Å². The van der Waals surface area contributed by atoms with Gasteiger partial charge in [-0.05, 0) is 50.5 Å². The lowest BCUT2D eigenvalue weighted by molar-refractivity contribution is -0.127. The van der Waals surface area contributed by atoms with Crippen LogP contribution in [0.2, 0.25) is 0 Å². The Bertz CT molecular complexity index is 318. The van der Waals surface area contributed by atoms with Crippen LogP contribution < -0.4 is 0 Å². The van der Waals surface area contributed by atoms with Crippen LogP contribution in [-0.4, -0.2) is 29.8 Å². The van der Waals surface area contributed by atoms with Crippen molar-refractivity contribution in [2.45, 2.75) is 72.3 Å². The molecule has 3 atom stereocenters. The molecule has 19 heavy (non-hydrogen) atoms. The number of nitrogens with zero attached hydrogens (tertiary/aromatic N) is 1. The molecule has 0 bridgehead atoms. The Kier molecular flexibility index (Phi) is 4.70. The molecule has 2 aliphatic rings. The second kappa shape index (κ2) is 5.95. The van der Waals surface area contributed by atoms with Gasteiger partial charge in [0.25, 0.3) is 0 Å². The number of likely N-dealkylation sites (tertiary alicyclic amines) is 1. The maximum absolute atomic E-state index is 12.2.